The molecule has 6 rings (SSSR count). The van der Waals surface area contributed by atoms with Crippen LogP contribution >= 0.6 is 0 Å². The molecule has 0 aliphatic heterocycles. The van der Waals surface area contributed by atoms with E-state index in [1.54, 1.807) is 12.1 Å². The third kappa shape index (κ3) is 2.33. The fourth-order valence-electron chi connectivity index (χ4n) is 5.12. The van der Waals surface area contributed by atoms with Gasteiger partial charge in [0.2, 0.25) is 0 Å². The minimum Gasteiger partial charge on any atom is -0.298 e. The van der Waals surface area contributed by atoms with E-state index in [2.05, 4.69) is 12.1 Å². The van der Waals surface area contributed by atoms with Crippen molar-refractivity contribution in [2.45, 2.75) is 0 Å². The van der Waals surface area contributed by atoms with E-state index < -0.39 is 0 Å². The van der Waals surface area contributed by atoms with Crippen LogP contribution in [0.4, 0.5) is 0 Å². The molecule has 0 saturated carbocycles. The number of carbonyl (C=O) groups is 3. The zero-order chi connectivity index (χ0) is 21.8. The molecule has 0 unspecified atom stereocenters. The maximum atomic E-state index is 12.1. The summed E-state index contributed by atoms with van der Waals surface area (Å²) in [4.78, 5) is 35.6. The maximum absolute atomic E-state index is 12.1. The Labute approximate surface area is 183 Å². The van der Waals surface area contributed by atoms with E-state index in [9.17, 15) is 14.4 Å². The lowest BCUT2D eigenvalue weighted by Crippen LogP contribution is -1.96. The molecule has 0 radical (unpaired) electrons. The van der Waals surface area contributed by atoms with E-state index in [1.165, 1.54) is 0 Å². The fraction of sp³-hybridized carbons (Fsp3) is 0. The van der Waals surface area contributed by atoms with Crippen molar-refractivity contribution in [3.63, 3.8) is 0 Å². The molecule has 0 amide bonds. The van der Waals surface area contributed by atoms with E-state index in [-0.39, 0.29) is 0 Å². The Hall–Kier alpha value is -4.37. The lowest BCUT2D eigenvalue weighted by atomic mass is 9.84. The Balaban J connectivity index is 1.93. The third-order valence-electron chi connectivity index (χ3n) is 6.46. The zero-order valence-electron chi connectivity index (χ0n) is 17.0. The number of hydrogen-bond donors (Lipinski definition) is 0. The van der Waals surface area contributed by atoms with Gasteiger partial charge in [-0.15, -0.1) is 0 Å². The molecule has 0 spiro atoms. The summed E-state index contributed by atoms with van der Waals surface area (Å²) >= 11 is 0. The van der Waals surface area contributed by atoms with Gasteiger partial charge in [0.15, 0.2) is 18.9 Å². The number of carbonyl (C=O) groups excluding carboxylic acids is 3. The minimum absolute atomic E-state index is 0.498. The molecule has 0 saturated heterocycles. The molecule has 6 aromatic carbocycles. The Morgan fingerprint density at radius 3 is 1.34 bits per heavy atom. The molecule has 150 valence electrons. The van der Waals surface area contributed by atoms with Crippen molar-refractivity contribution in [3.8, 4) is 11.1 Å². The van der Waals surface area contributed by atoms with Crippen LogP contribution in [0.15, 0.2) is 78.9 Å². The number of rotatable bonds is 4. The Morgan fingerprint density at radius 1 is 0.406 bits per heavy atom. The van der Waals surface area contributed by atoms with Gasteiger partial charge in [0.05, 0.1) is 0 Å². The first kappa shape index (κ1) is 18.4. The molecule has 0 aliphatic rings. The van der Waals surface area contributed by atoms with Crippen LogP contribution in [0.3, 0.4) is 0 Å². The van der Waals surface area contributed by atoms with Crippen molar-refractivity contribution in [1.82, 2.24) is 0 Å². The highest BCUT2D eigenvalue weighted by Gasteiger charge is 2.19. The standard InChI is InChI=1S/C29H16O3/c30-14-18-6-9-22-24-11-8-20(16-32)27-21(17-4-2-1-3-5-17)12-13-25(29(24)27)23-10-7-19(15-31)26(18)28(22)23/h1-16H. The molecule has 6 aromatic rings. The van der Waals surface area contributed by atoms with Crippen LogP contribution in [0.5, 0.6) is 0 Å². The maximum Gasteiger partial charge on any atom is 0.150 e. The van der Waals surface area contributed by atoms with Crippen LogP contribution < -0.4 is 0 Å². The van der Waals surface area contributed by atoms with Crippen LogP contribution in [-0.2, 0) is 0 Å². The second-order valence-electron chi connectivity index (χ2n) is 7.99. The number of aldehydes is 3. The number of benzene rings is 6. The van der Waals surface area contributed by atoms with E-state index in [0.29, 0.717) is 22.1 Å². The van der Waals surface area contributed by atoms with E-state index in [4.69, 9.17) is 0 Å². The predicted octanol–water partition coefficient (Wildman–Crippen LogP) is 6.84. The molecule has 0 aliphatic carbocycles. The molecule has 3 nitrogen and oxygen atoms in total. The van der Waals surface area contributed by atoms with Gasteiger partial charge in [0.1, 0.15) is 0 Å². The topological polar surface area (TPSA) is 51.2 Å². The van der Waals surface area contributed by atoms with Crippen LogP contribution in [-0.4, -0.2) is 18.9 Å². The normalized spacial score (nSPS) is 11.5. The summed E-state index contributed by atoms with van der Waals surface area (Å²) in [6.45, 7) is 0. The van der Waals surface area contributed by atoms with Crippen LogP contribution in [0.1, 0.15) is 31.1 Å². The van der Waals surface area contributed by atoms with Crippen molar-refractivity contribution in [3.05, 3.63) is 95.6 Å². The van der Waals surface area contributed by atoms with Crippen molar-refractivity contribution < 1.29 is 14.4 Å². The molecule has 0 fully saturated rings. The molecule has 0 atom stereocenters. The van der Waals surface area contributed by atoms with Crippen molar-refractivity contribution >= 4 is 61.9 Å². The molecule has 0 bridgehead atoms. The van der Waals surface area contributed by atoms with Crippen LogP contribution in [0.2, 0.25) is 0 Å². The van der Waals surface area contributed by atoms with Crippen molar-refractivity contribution in [1.29, 1.82) is 0 Å². The van der Waals surface area contributed by atoms with Gasteiger partial charge in [-0.2, -0.15) is 0 Å². The van der Waals surface area contributed by atoms with Gasteiger partial charge in [-0.25, -0.2) is 0 Å². The van der Waals surface area contributed by atoms with Gasteiger partial charge in [0.25, 0.3) is 0 Å². The van der Waals surface area contributed by atoms with Crippen molar-refractivity contribution in [2.75, 3.05) is 0 Å². The van der Waals surface area contributed by atoms with Gasteiger partial charge >= 0.3 is 0 Å². The van der Waals surface area contributed by atoms with E-state index in [0.717, 1.165) is 67.7 Å². The summed E-state index contributed by atoms with van der Waals surface area (Å²) in [5.74, 6) is 0. The van der Waals surface area contributed by atoms with Crippen LogP contribution in [0.25, 0.3) is 54.2 Å². The van der Waals surface area contributed by atoms with Gasteiger partial charge in [-0.1, -0.05) is 78.9 Å². The lowest BCUT2D eigenvalue weighted by Gasteiger charge is -2.19. The summed E-state index contributed by atoms with van der Waals surface area (Å²) in [7, 11) is 0. The second kappa shape index (κ2) is 6.82. The highest BCUT2D eigenvalue weighted by atomic mass is 16.1. The molecule has 0 aromatic heterocycles. The summed E-state index contributed by atoms with van der Waals surface area (Å²) in [6, 6.07) is 25.4. The van der Waals surface area contributed by atoms with Gasteiger partial charge in [-0.05, 0) is 43.4 Å². The summed E-state index contributed by atoms with van der Waals surface area (Å²) in [6.07, 6.45) is 2.51. The first-order valence-electron chi connectivity index (χ1n) is 10.4. The molecular weight excluding hydrogens is 396 g/mol. The first-order chi connectivity index (χ1) is 15.8. The Kier molecular flexibility index (Phi) is 3.92. The Bertz CT molecular complexity index is 1650. The average molecular weight is 412 g/mol. The highest BCUT2D eigenvalue weighted by Crippen LogP contribution is 2.44. The highest BCUT2D eigenvalue weighted by molar-refractivity contribution is 6.37. The second-order valence-corrected chi connectivity index (χ2v) is 7.99. The summed E-state index contributed by atoms with van der Waals surface area (Å²) in [5.41, 5.74) is 3.68. The zero-order valence-corrected chi connectivity index (χ0v) is 17.0. The smallest absolute Gasteiger partial charge is 0.150 e. The predicted molar refractivity (Wildman–Crippen MR) is 129 cm³/mol. The van der Waals surface area contributed by atoms with Gasteiger partial charge < -0.3 is 0 Å². The molecule has 3 heteroatoms. The average Bonchev–Trinajstić information content (AvgIpc) is 2.86. The van der Waals surface area contributed by atoms with Gasteiger partial charge in [-0.3, -0.25) is 14.4 Å². The number of fused-ring (bicyclic) bond motifs is 2. The van der Waals surface area contributed by atoms with Crippen LogP contribution in [0, 0.1) is 0 Å². The summed E-state index contributed by atoms with van der Waals surface area (Å²) in [5, 5.41) is 7.43. The third-order valence-corrected chi connectivity index (χ3v) is 6.46. The SMILES string of the molecule is O=Cc1ccc2c3ccc(C=O)c4c(-c5ccccc5)ccc(c5ccc(C=O)c1c25)c43. The van der Waals surface area contributed by atoms with Crippen molar-refractivity contribution in [2.24, 2.45) is 0 Å². The first-order valence-corrected chi connectivity index (χ1v) is 10.4. The lowest BCUT2D eigenvalue weighted by molar-refractivity contribution is 0.111. The largest absolute Gasteiger partial charge is 0.298 e. The minimum atomic E-state index is 0.498. The van der Waals surface area contributed by atoms with E-state index in [1.807, 2.05) is 54.6 Å². The Morgan fingerprint density at radius 2 is 0.844 bits per heavy atom. The molecule has 0 heterocycles. The van der Waals surface area contributed by atoms with Gasteiger partial charge in [0, 0.05) is 27.5 Å². The monoisotopic (exact) mass is 412 g/mol. The quantitative estimate of drug-likeness (QED) is 0.181. The molecular formula is C29H16O3. The fourth-order valence-corrected chi connectivity index (χ4v) is 5.12. The summed E-state index contributed by atoms with van der Waals surface area (Å²) < 4.78 is 0. The molecule has 0 N–H and O–H groups in total. The number of hydrogen-bond acceptors (Lipinski definition) is 3. The molecule has 32 heavy (non-hydrogen) atoms. The van der Waals surface area contributed by atoms with E-state index >= 15 is 0 Å².